The number of aromatic amines is 2. The van der Waals surface area contributed by atoms with Crippen molar-refractivity contribution in [1.82, 2.24) is 9.97 Å². The van der Waals surface area contributed by atoms with Gasteiger partial charge in [0.05, 0.1) is 17.6 Å². The molecule has 0 aliphatic carbocycles. The van der Waals surface area contributed by atoms with Crippen LogP contribution in [0.2, 0.25) is 0 Å². The van der Waals surface area contributed by atoms with Gasteiger partial charge in [0.25, 0.3) is 0 Å². The van der Waals surface area contributed by atoms with Gasteiger partial charge in [-0.25, -0.2) is 4.79 Å². The summed E-state index contributed by atoms with van der Waals surface area (Å²) < 4.78 is 0. The van der Waals surface area contributed by atoms with E-state index in [0.29, 0.717) is 17.7 Å². The highest BCUT2D eigenvalue weighted by molar-refractivity contribution is 5.95. The third-order valence-corrected chi connectivity index (χ3v) is 4.58. The molecule has 0 fully saturated rings. The first-order valence-electron chi connectivity index (χ1n) is 8.45. The molecule has 0 unspecified atom stereocenters. The van der Waals surface area contributed by atoms with E-state index in [1.165, 1.54) is 11.1 Å². The molecular weight excluding hydrogens is 316 g/mol. The van der Waals surface area contributed by atoms with Crippen LogP contribution < -0.4 is 15.9 Å². The summed E-state index contributed by atoms with van der Waals surface area (Å²) in [5.74, 6) is -0.0642. The van der Waals surface area contributed by atoms with Crippen molar-refractivity contribution in [2.24, 2.45) is 0 Å². The molecule has 1 aromatic heterocycles. The smallest absolute Gasteiger partial charge is 0.323 e. The molecule has 0 atom stereocenters. The number of amides is 1. The maximum absolute atomic E-state index is 12.5. The Morgan fingerprint density at radius 3 is 2.88 bits per heavy atom. The highest BCUT2D eigenvalue weighted by atomic mass is 16.2. The van der Waals surface area contributed by atoms with Gasteiger partial charge >= 0.3 is 5.69 Å². The monoisotopic (exact) mass is 336 g/mol. The number of hydrogen-bond acceptors (Lipinski definition) is 3. The minimum Gasteiger partial charge on any atom is -0.362 e. The van der Waals surface area contributed by atoms with Crippen LogP contribution in [-0.2, 0) is 11.2 Å². The van der Waals surface area contributed by atoms with Crippen molar-refractivity contribution in [2.45, 2.75) is 19.8 Å². The van der Waals surface area contributed by atoms with E-state index >= 15 is 0 Å². The predicted octanol–water partition coefficient (Wildman–Crippen LogP) is 2.56. The first kappa shape index (κ1) is 15.5. The zero-order valence-corrected chi connectivity index (χ0v) is 14.1. The van der Waals surface area contributed by atoms with Gasteiger partial charge in [0.15, 0.2) is 0 Å². The van der Waals surface area contributed by atoms with Crippen LogP contribution in [0.4, 0.5) is 11.4 Å². The first-order valence-corrected chi connectivity index (χ1v) is 8.45. The van der Waals surface area contributed by atoms with Crippen LogP contribution in [0.1, 0.15) is 17.5 Å². The molecule has 0 saturated heterocycles. The van der Waals surface area contributed by atoms with Crippen molar-refractivity contribution in [1.29, 1.82) is 0 Å². The Morgan fingerprint density at radius 2 is 2.00 bits per heavy atom. The Kier molecular flexibility index (Phi) is 3.80. The molecule has 1 aliphatic rings. The summed E-state index contributed by atoms with van der Waals surface area (Å²) >= 11 is 0. The number of nitrogens with one attached hydrogen (secondary N) is 3. The zero-order valence-electron chi connectivity index (χ0n) is 14.1. The number of fused-ring (bicyclic) bond motifs is 2. The number of hydrogen-bond donors (Lipinski definition) is 3. The van der Waals surface area contributed by atoms with Gasteiger partial charge in [-0.15, -0.1) is 0 Å². The SMILES string of the molecule is Cc1ccc2c(c1)CCCN2CC(=O)Nc1ccc2[nH]c(=O)[nH]c2c1. The lowest BCUT2D eigenvalue weighted by atomic mass is 9.99. The van der Waals surface area contributed by atoms with E-state index in [1.807, 2.05) is 0 Å². The Bertz CT molecular complexity index is 1000. The van der Waals surface area contributed by atoms with Crippen LogP contribution in [0.25, 0.3) is 11.0 Å². The number of rotatable bonds is 3. The summed E-state index contributed by atoms with van der Waals surface area (Å²) in [5, 5.41) is 2.92. The van der Waals surface area contributed by atoms with Crippen LogP contribution in [0.15, 0.2) is 41.2 Å². The predicted molar refractivity (Wildman–Crippen MR) is 99.3 cm³/mol. The molecule has 3 aromatic rings. The van der Waals surface area contributed by atoms with E-state index in [-0.39, 0.29) is 11.6 Å². The van der Waals surface area contributed by atoms with Gasteiger partial charge in [-0.1, -0.05) is 17.7 Å². The third-order valence-electron chi connectivity index (χ3n) is 4.58. The van der Waals surface area contributed by atoms with Gasteiger partial charge in [0, 0.05) is 17.9 Å². The van der Waals surface area contributed by atoms with E-state index in [0.717, 1.165) is 30.6 Å². The molecule has 1 aliphatic heterocycles. The van der Waals surface area contributed by atoms with E-state index in [2.05, 4.69) is 45.3 Å². The van der Waals surface area contributed by atoms with Crippen LogP contribution in [0.3, 0.4) is 0 Å². The topological polar surface area (TPSA) is 81.0 Å². The number of nitrogens with zero attached hydrogens (tertiary/aromatic N) is 1. The third kappa shape index (κ3) is 3.15. The Morgan fingerprint density at radius 1 is 1.16 bits per heavy atom. The summed E-state index contributed by atoms with van der Waals surface area (Å²) in [7, 11) is 0. The molecular formula is C19H20N4O2. The average molecular weight is 336 g/mol. The second kappa shape index (κ2) is 6.12. The number of anilines is 2. The number of aromatic nitrogens is 2. The summed E-state index contributed by atoms with van der Waals surface area (Å²) in [6.07, 6.45) is 2.12. The van der Waals surface area contributed by atoms with Crippen LogP contribution >= 0.6 is 0 Å². The van der Waals surface area contributed by atoms with Gasteiger partial charge < -0.3 is 20.2 Å². The van der Waals surface area contributed by atoms with E-state index in [1.54, 1.807) is 18.2 Å². The minimum atomic E-state index is -0.251. The minimum absolute atomic E-state index is 0.0642. The van der Waals surface area contributed by atoms with Gasteiger partial charge in [0.2, 0.25) is 5.91 Å². The second-order valence-electron chi connectivity index (χ2n) is 6.54. The molecule has 3 N–H and O–H groups in total. The highest BCUT2D eigenvalue weighted by Gasteiger charge is 2.19. The quantitative estimate of drug-likeness (QED) is 0.687. The number of imidazole rings is 1. The van der Waals surface area contributed by atoms with E-state index in [4.69, 9.17) is 0 Å². The van der Waals surface area contributed by atoms with Gasteiger partial charge in [-0.05, 0) is 49.6 Å². The van der Waals surface area contributed by atoms with Crippen LogP contribution in [0.5, 0.6) is 0 Å². The number of carbonyl (C=O) groups is 1. The Balaban J connectivity index is 1.49. The van der Waals surface area contributed by atoms with Crippen molar-refractivity contribution >= 4 is 28.3 Å². The van der Waals surface area contributed by atoms with Crippen molar-refractivity contribution in [3.05, 3.63) is 58.0 Å². The van der Waals surface area contributed by atoms with Crippen molar-refractivity contribution < 1.29 is 4.79 Å². The molecule has 2 aromatic carbocycles. The molecule has 0 spiro atoms. The molecule has 0 radical (unpaired) electrons. The molecule has 6 nitrogen and oxygen atoms in total. The molecule has 25 heavy (non-hydrogen) atoms. The molecule has 0 bridgehead atoms. The normalized spacial score (nSPS) is 13.7. The standard InChI is InChI=1S/C19H20N4O2/c1-12-4-7-17-13(9-12)3-2-8-23(17)11-18(24)20-14-5-6-15-16(10-14)22-19(25)21-15/h4-7,9-10H,2-3,8,11H2,1H3,(H,20,24)(H2,21,22,25). The lowest BCUT2D eigenvalue weighted by molar-refractivity contribution is -0.115. The molecule has 2 heterocycles. The number of carbonyl (C=O) groups excluding carboxylic acids is 1. The zero-order chi connectivity index (χ0) is 17.4. The summed E-state index contributed by atoms with van der Waals surface area (Å²) in [6.45, 7) is 3.29. The van der Waals surface area contributed by atoms with Crippen molar-refractivity contribution in [2.75, 3.05) is 23.3 Å². The maximum atomic E-state index is 12.5. The summed E-state index contributed by atoms with van der Waals surface area (Å²) in [5.41, 5.74) is 5.54. The largest absolute Gasteiger partial charge is 0.362 e. The van der Waals surface area contributed by atoms with Gasteiger partial charge in [0.1, 0.15) is 0 Å². The maximum Gasteiger partial charge on any atom is 0.323 e. The van der Waals surface area contributed by atoms with Crippen LogP contribution in [0, 0.1) is 6.92 Å². The van der Waals surface area contributed by atoms with E-state index in [9.17, 15) is 9.59 Å². The molecule has 4 rings (SSSR count). The average Bonchev–Trinajstić information content (AvgIpc) is 2.94. The fourth-order valence-corrected chi connectivity index (χ4v) is 3.45. The molecule has 1 amide bonds. The number of benzene rings is 2. The van der Waals surface area contributed by atoms with E-state index < -0.39 is 0 Å². The second-order valence-corrected chi connectivity index (χ2v) is 6.54. The van der Waals surface area contributed by atoms with Crippen molar-refractivity contribution in [3.63, 3.8) is 0 Å². The summed E-state index contributed by atoms with van der Waals surface area (Å²) in [4.78, 5) is 31.3. The van der Waals surface area contributed by atoms with Gasteiger partial charge in [-0.3, -0.25) is 4.79 Å². The number of aryl methyl sites for hydroxylation is 2. The van der Waals surface area contributed by atoms with Gasteiger partial charge in [-0.2, -0.15) is 0 Å². The summed E-state index contributed by atoms with van der Waals surface area (Å²) in [6, 6.07) is 11.7. The fraction of sp³-hybridized carbons (Fsp3) is 0.263. The van der Waals surface area contributed by atoms with Crippen molar-refractivity contribution in [3.8, 4) is 0 Å². The molecule has 6 heteroatoms. The Labute approximate surface area is 144 Å². The highest BCUT2D eigenvalue weighted by Crippen LogP contribution is 2.27. The molecule has 0 saturated carbocycles. The fourth-order valence-electron chi connectivity index (χ4n) is 3.45. The lowest BCUT2D eigenvalue weighted by Gasteiger charge is -2.31. The first-order chi connectivity index (χ1) is 12.1. The lowest BCUT2D eigenvalue weighted by Crippen LogP contribution is -2.36. The Hall–Kier alpha value is -3.02. The molecule has 128 valence electrons. The van der Waals surface area contributed by atoms with Crippen LogP contribution in [-0.4, -0.2) is 29.0 Å². The number of H-pyrrole nitrogens is 2.